The van der Waals surface area contributed by atoms with Gasteiger partial charge in [0.1, 0.15) is 5.76 Å². The second-order valence-electron chi connectivity index (χ2n) is 4.16. The first kappa shape index (κ1) is 12.4. The zero-order valence-corrected chi connectivity index (χ0v) is 10.4. The number of furan rings is 1. The number of amides is 1. The summed E-state index contributed by atoms with van der Waals surface area (Å²) in [5.41, 5.74) is 2.34. The van der Waals surface area contributed by atoms with E-state index in [1.807, 2.05) is 13.8 Å². The zero-order chi connectivity index (χ0) is 13.1. The fraction of sp³-hybridized carbons (Fsp3) is 0.214. The summed E-state index contributed by atoms with van der Waals surface area (Å²) in [6, 6.07) is 8.76. The minimum absolute atomic E-state index is 0.0529. The Hall–Kier alpha value is -2.07. The van der Waals surface area contributed by atoms with Crippen LogP contribution in [0.15, 0.2) is 34.7 Å². The number of carbonyl (C=O) groups is 1. The number of aryl methyl sites for hydroxylation is 2. The van der Waals surface area contributed by atoms with Crippen LogP contribution in [0.5, 0.6) is 0 Å². The van der Waals surface area contributed by atoms with Gasteiger partial charge >= 0.3 is 0 Å². The lowest BCUT2D eigenvalue weighted by Gasteiger charge is -2.04. The van der Waals surface area contributed by atoms with Gasteiger partial charge in [0.15, 0.2) is 5.76 Å². The van der Waals surface area contributed by atoms with Gasteiger partial charge in [0.05, 0.1) is 6.61 Å². The van der Waals surface area contributed by atoms with E-state index in [-0.39, 0.29) is 12.5 Å². The van der Waals surface area contributed by atoms with Gasteiger partial charge in [-0.2, -0.15) is 0 Å². The van der Waals surface area contributed by atoms with E-state index in [0.29, 0.717) is 11.4 Å². The van der Waals surface area contributed by atoms with Gasteiger partial charge < -0.3 is 14.8 Å². The molecule has 0 bridgehead atoms. The Bertz CT molecular complexity index is 553. The molecule has 0 aliphatic heterocycles. The summed E-state index contributed by atoms with van der Waals surface area (Å²) in [6.45, 7) is 3.66. The Kier molecular flexibility index (Phi) is 3.48. The fourth-order valence-corrected chi connectivity index (χ4v) is 1.63. The normalized spacial score (nSPS) is 10.4. The van der Waals surface area contributed by atoms with Gasteiger partial charge in [0.25, 0.3) is 5.91 Å². The molecule has 2 N–H and O–H groups in total. The molecule has 94 valence electrons. The minimum Gasteiger partial charge on any atom is -0.456 e. The number of aliphatic hydroxyl groups is 1. The average Bonchev–Trinajstić information content (AvgIpc) is 2.70. The standard InChI is InChI=1S/C14H15NO3/c1-9-6-13(18-10(9)2)14(17)15-12-5-3-4-11(7-12)8-16/h3-7,16H,8H2,1-2H3,(H,15,17). The summed E-state index contributed by atoms with van der Waals surface area (Å²) in [4.78, 5) is 11.9. The van der Waals surface area contributed by atoms with E-state index in [2.05, 4.69) is 5.32 Å². The van der Waals surface area contributed by atoms with Gasteiger partial charge in [-0.05, 0) is 43.2 Å². The molecule has 2 aromatic rings. The second-order valence-corrected chi connectivity index (χ2v) is 4.16. The van der Waals surface area contributed by atoms with Crippen molar-refractivity contribution in [3.8, 4) is 0 Å². The molecule has 0 aliphatic rings. The van der Waals surface area contributed by atoms with Crippen LogP contribution in [0.1, 0.15) is 27.4 Å². The lowest BCUT2D eigenvalue weighted by Crippen LogP contribution is -2.11. The van der Waals surface area contributed by atoms with Gasteiger partial charge in [0.2, 0.25) is 0 Å². The summed E-state index contributed by atoms with van der Waals surface area (Å²) in [7, 11) is 0. The number of hydrogen-bond donors (Lipinski definition) is 2. The molecule has 0 spiro atoms. The first-order valence-corrected chi connectivity index (χ1v) is 5.68. The van der Waals surface area contributed by atoms with E-state index in [4.69, 9.17) is 9.52 Å². The van der Waals surface area contributed by atoms with Crippen molar-refractivity contribution in [2.45, 2.75) is 20.5 Å². The second kappa shape index (κ2) is 5.06. The van der Waals surface area contributed by atoms with Crippen LogP contribution >= 0.6 is 0 Å². The maximum Gasteiger partial charge on any atom is 0.291 e. The largest absolute Gasteiger partial charge is 0.456 e. The summed E-state index contributed by atoms with van der Waals surface area (Å²) >= 11 is 0. The zero-order valence-electron chi connectivity index (χ0n) is 10.4. The van der Waals surface area contributed by atoms with Crippen LogP contribution in [0.4, 0.5) is 5.69 Å². The summed E-state index contributed by atoms with van der Waals surface area (Å²) < 4.78 is 5.34. The molecule has 4 heteroatoms. The molecule has 4 nitrogen and oxygen atoms in total. The minimum atomic E-state index is -0.290. The number of aliphatic hydroxyl groups excluding tert-OH is 1. The van der Waals surface area contributed by atoms with Gasteiger partial charge in [0, 0.05) is 5.69 Å². The number of hydrogen-bond acceptors (Lipinski definition) is 3. The number of nitrogens with one attached hydrogen (secondary N) is 1. The monoisotopic (exact) mass is 245 g/mol. The molecule has 0 unspecified atom stereocenters. The molecule has 1 heterocycles. The predicted molar refractivity (Wildman–Crippen MR) is 68.5 cm³/mol. The molecule has 1 aromatic carbocycles. The summed E-state index contributed by atoms with van der Waals surface area (Å²) in [5, 5.41) is 11.8. The van der Waals surface area contributed by atoms with Crippen molar-refractivity contribution in [2.24, 2.45) is 0 Å². The van der Waals surface area contributed by atoms with Gasteiger partial charge in [-0.3, -0.25) is 4.79 Å². The van der Waals surface area contributed by atoms with Crippen LogP contribution in [-0.2, 0) is 6.61 Å². The number of benzene rings is 1. The topological polar surface area (TPSA) is 62.5 Å². The van der Waals surface area contributed by atoms with Crippen LogP contribution in [-0.4, -0.2) is 11.0 Å². The first-order chi connectivity index (χ1) is 8.60. The lowest BCUT2D eigenvalue weighted by atomic mass is 10.2. The Morgan fingerprint density at radius 1 is 1.33 bits per heavy atom. The van der Waals surface area contributed by atoms with E-state index in [9.17, 15) is 4.79 Å². The summed E-state index contributed by atoms with van der Waals surface area (Å²) in [6.07, 6.45) is 0. The van der Waals surface area contributed by atoms with E-state index >= 15 is 0 Å². The Balaban J connectivity index is 2.15. The van der Waals surface area contributed by atoms with Crippen LogP contribution < -0.4 is 5.32 Å². The molecule has 0 radical (unpaired) electrons. The van der Waals surface area contributed by atoms with Crippen molar-refractivity contribution in [2.75, 3.05) is 5.32 Å². The van der Waals surface area contributed by atoms with Crippen LogP contribution in [0, 0.1) is 13.8 Å². The van der Waals surface area contributed by atoms with Crippen molar-refractivity contribution in [3.05, 3.63) is 53.0 Å². The van der Waals surface area contributed by atoms with E-state index in [0.717, 1.165) is 16.9 Å². The maximum atomic E-state index is 11.9. The lowest BCUT2D eigenvalue weighted by molar-refractivity contribution is 0.0995. The highest BCUT2D eigenvalue weighted by Crippen LogP contribution is 2.16. The van der Waals surface area contributed by atoms with Gasteiger partial charge in [-0.15, -0.1) is 0 Å². The molecule has 0 atom stereocenters. The Labute approximate surface area is 105 Å². The highest BCUT2D eigenvalue weighted by atomic mass is 16.3. The Morgan fingerprint density at radius 3 is 2.72 bits per heavy atom. The molecule has 2 rings (SSSR count). The van der Waals surface area contributed by atoms with E-state index in [1.54, 1.807) is 30.3 Å². The third-order valence-electron chi connectivity index (χ3n) is 2.76. The first-order valence-electron chi connectivity index (χ1n) is 5.68. The molecular formula is C14H15NO3. The highest BCUT2D eigenvalue weighted by molar-refractivity contribution is 6.02. The van der Waals surface area contributed by atoms with Crippen molar-refractivity contribution < 1.29 is 14.3 Å². The summed E-state index contributed by atoms with van der Waals surface area (Å²) in [5.74, 6) is 0.741. The van der Waals surface area contributed by atoms with Crippen LogP contribution in [0.3, 0.4) is 0 Å². The highest BCUT2D eigenvalue weighted by Gasteiger charge is 2.12. The molecule has 0 aliphatic carbocycles. The molecule has 1 amide bonds. The van der Waals surface area contributed by atoms with E-state index in [1.165, 1.54) is 0 Å². The number of rotatable bonds is 3. The van der Waals surface area contributed by atoms with Crippen LogP contribution in [0.25, 0.3) is 0 Å². The molecule has 0 saturated carbocycles. The van der Waals surface area contributed by atoms with Gasteiger partial charge in [-0.1, -0.05) is 12.1 Å². The fourth-order valence-electron chi connectivity index (χ4n) is 1.63. The molecule has 0 saturated heterocycles. The number of anilines is 1. The molecule has 1 aromatic heterocycles. The third-order valence-corrected chi connectivity index (χ3v) is 2.76. The Morgan fingerprint density at radius 2 is 2.11 bits per heavy atom. The van der Waals surface area contributed by atoms with E-state index < -0.39 is 0 Å². The van der Waals surface area contributed by atoms with Crippen molar-refractivity contribution in [1.29, 1.82) is 0 Å². The smallest absolute Gasteiger partial charge is 0.291 e. The molecule has 18 heavy (non-hydrogen) atoms. The average molecular weight is 245 g/mol. The van der Waals surface area contributed by atoms with Crippen molar-refractivity contribution in [3.63, 3.8) is 0 Å². The quantitative estimate of drug-likeness (QED) is 0.873. The SMILES string of the molecule is Cc1cc(C(=O)Nc2cccc(CO)c2)oc1C. The molecular weight excluding hydrogens is 230 g/mol. The third kappa shape index (κ3) is 2.60. The van der Waals surface area contributed by atoms with Gasteiger partial charge in [-0.25, -0.2) is 0 Å². The number of carbonyl (C=O) groups excluding carboxylic acids is 1. The predicted octanol–water partition coefficient (Wildman–Crippen LogP) is 2.64. The van der Waals surface area contributed by atoms with Crippen molar-refractivity contribution in [1.82, 2.24) is 0 Å². The van der Waals surface area contributed by atoms with Crippen LogP contribution in [0.2, 0.25) is 0 Å². The van der Waals surface area contributed by atoms with Crippen molar-refractivity contribution >= 4 is 11.6 Å². The maximum absolute atomic E-state index is 11.9. The molecule has 0 fully saturated rings.